The van der Waals surface area contributed by atoms with Crippen molar-refractivity contribution >= 4 is 26.5 Å². The Balaban J connectivity index is 2.03. The van der Waals surface area contributed by atoms with E-state index in [2.05, 4.69) is 9.97 Å². The van der Waals surface area contributed by atoms with Gasteiger partial charge in [-0.2, -0.15) is 0 Å². The Hall–Kier alpha value is -2.25. The Bertz CT molecular complexity index is 820. The van der Waals surface area contributed by atoms with Crippen molar-refractivity contribution < 1.29 is 8.42 Å². The molecule has 0 aliphatic heterocycles. The van der Waals surface area contributed by atoms with E-state index in [-0.39, 0.29) is 11.4 Å². The summed E-state index contributed by atoms with van der Waals surface area (Å²) in [6.45, 7) is 0.193. The van der Waals surface area contributed by atoms with Crippen LogP contribution < -0.4 is 4.31 Å². The monoisotopic (exact) mass is 331 g/mol. The van der Waals surface area contributed by atoms with Gasteiger partial charge in [0.25, 0.3) is 10.0 Å². The number of hydrogen-bond donors (Lipinski definition) is 0. The third-order valence-corrected chi connectivity index (χ3v) is 5.67. The Morgan fingerprint density at radius 3 is 2.50 bits per heavy atom. The molecule has 0 aliphatic rings. The van der Waals surface area contributed by atoms with Gasteiger partial charge in [0.05, 0.1) is 11.4 Å². The van der Waals surface area contributed by atoms with Gasteiger partial charge in [0.1, 0.15) is 0 Å². The maximum Gasteiger partial charge on any atom is 0.266 e. The number of thiazole rings is 1. The van der Waals surface area contributed by atoms with Crippen LogP contribution in [0.5, 0.6) is 0 Å². The number of benzene rings is 1. The van der Waals surface area contributed by atoms with Crippen molar-refractivity contribution in [3.05, 3.63) is 72.0 Å². The molecule has 112 valence electrons. The summed E-state index contributed by atoms with van der Waals surface area (Å²) in [6.07, 6.45) is 4.90. The molecular formula is C15H13N3O2S2. The van der Waals surface area contributed by atoms with Crippen LogP contribution in [0.1, 0.15) is 5.56 Å². The molecule has 2 aromatic heterocycles. The number of anilines is 1. The highest BCUT2D eigenvalue weighted by Crippen LogP contribution is 2.27. The van der Waals surface area contributed by atoms with Gasteiger partial charge in [-0.05, 0) is 23.8 Å². The van der Waals surface area contributed by atoms with Gasteiger partial charge in [-0.15, -0.1) is 11.3 Å². The third-order valence-electron chi connectivity index (χ3n) is 3.01. The van der Waals surface area contributed by atoms with E-state index in [1.807, 2.05) is 6.07 Å². The molecule has 0 aliphatic carbocycles. The molecule has 0 fully saturated rings. The SMILES string of the molecule is O=S(=O)(c1ccccc1)N(Cc1cccnc1)c1nccs1. The molecule has 0 saturated carbocycles. The van der Waals surface area contributed by atoms with E-state index >= 15 is 0 Å². The molecule has 0 atom stereocenters. The van der Waals surface area contributed by atoms with Gasteiger partial charge in [0, 0.05) is 24.0 Å². The fourth-order valence-electron chi connectivity index (χ4n) is 1.97. The van der Waals surface area contributed by atoms with Gasteiger partial charge < -0.3 is 0 Å². The lowest BCUT2D eigenvalue weighted by Gasteiger charge is -2.21. The fourth-order valence-corrected chi connectivity index (χ4v) is 4.27. The second kappa shape index (κ2) is 6.25. The highest BCUT2D eigenvalue weighted by atomic mass is 32.2. The molecule has 0 amide bonds. The van der Waals surface area contributed by atoms with Gasteiger partial charge in [-0.1, -0.05) is 24.3 Å². The lowest BCUT2D eigenvalue weighted by atomic mass is 10.3. The van der Waals surface area contributed by atoms with Crippen LogP contribution in [0.3, 0.4) is 0 Å². The summed E-state index contributed by atoms with van der Waals surface area (Å²) in [5, 5.41) is 2.19. The molecular weight excluding hydrogens is 318 g/mol. The Kier molecular flexibility index (Phi) is 4.17. The number of nitrogens with zero attached hydrogens (tertiary/aromatic N) is 3. The van der Waals surface area contributed by atoms with E-state index in [1.54, 1.807) is 60.4 Å². The number of pyridine rings is 1. The summed E-state index contributed by atoms with van der Waals surface area (Å²) in [7, 11) is -3.67. The maximum absolute atomic E-state index is 12.9. The van der Waals surface area contributed by atoms with Crippen molar-refractivity contribution in [2.24, 2.45) is 0 Å². The van der Waals surface area contributed by atoms with Crippen LogP contribution in [0.25, 0.3) is 0 Å². The normalized spacial score (nSPS) is 11.3. The average molecular weight is 331 g/mol. The van der Waals surface area contributed by atoms with Crippen molar-refractivity contribution in [3.63, 3.8) is 0 Å². The first-order chi connectivity index (χ1) is 10.7. The van der Waals surface area contributed by atoms with E-state index in [0.29, 0.717) is 5.13 Å². The van der Waals surface area contributed by atoms with Crippen molar-refractivity contribution in [2.75, 3.05) is 4.31 Å². The summed E-state index contributed by atoms with van der Waals surface area (Å²) in [4.78, 5) is 8.43. The number of rotatable bonds is 5. The minimum Gasteiger partial charge on any atom is -0.264 e. The first-order valence-corrected chi connectivity index (χ1v) is 8.86. The Morgan fingerprint density at radius 2 is 1.86 bits per heavy atom. The number of aromatic nitrogens is 2. The highest BCUT2D eigenvalue weighted by Gasteiger charge is 2.26. The minimum atomic E-state index is -3.67. The molecule has 2 heterocycles. The van der Waals surface area contributed by atoms with E-state index in [0.717, 1.165) is 5.56 Å². The largest absolute Gasteiger partial charge is 0.266 e. The summed E-state index contributed by atoms with van der Waals surface area (Å²) in [5.41, 5.74) is 0.803. The lowest BCUT2D eigenvalue weighted by molar-refractivity contribution is 0.590. The molecule has 0 N–H and O–H groups in total. The predicted octanol–water partition coefficient (Wildman–Crippen LogP) is 2.93. The van der Waals surface area contributed by atoms with Gasteiger partial charge in [0.15, 0.2) is 5.13 Å². The highest BCUT2D eigenvalue weighted by molar-refractivity contribution is 7.93. The fraction of sp³-hybridized carbons (Fsp3) is 0.0667. The van der Waals surface area contributed by atoms with Crippen molar-refractivity contribution in [3.8, 4) is 0 Å². The van der Waals surface area contributed by atoms with Crippen LogP contribution in [0.15, 0.2) is 71.3 Å². The van der Waals surface area contributed by atoms with Crippen LogP contribution in [-0.4, -0.2) is 18.4 Å². The average Bonchev–Trinajstić information content (AvgIpc) is 3.08. The van der Waals surface area contributed by atoms with Crippen LogP contribution in [-0.2, 0) is 16.6 Å². The quantitative estimate of drug-likeness (QED) is 0.721. The zero-order valence-corrected chi connectivity index (χ0v) is 13.2. The first-order valence-electron chi connectivity index (χ1n) is 6.54. The van der Waals surface area contributed by atoms with Crippen LogP contribution >= 0.6 is 11.3 Å². The number of sulfonamides is 1. The molecule has 5 nitrogen and oxygen atoms in total. The summed E-state index contributed by atoms with van der Waals surface area (Å²) >= 11 is 1.29. The van der Waals surface area contributed by atoms with Crippen molar-refractivity contribution in [1.82, 2.24) is 9.97 Å². The topological polar surface area (TPSA) is 63.2 Å². The van der Waals surface area contributed by atoms with Crippen LogP contribution in [0, 0.1) is 0 Å². The lowest BCUT2D eigenvalue weighted by Crippen LogP contribution is -2.30. The van der Waals surface area contributed by atoms with Crippen LogP contribution in [0.2, 0.25) is 0 Å². The van der Waals surface area contributed by atoms with Crippen molar-refractivity contribution in [1.29, 1.82) is 0 Å². The second-order valence-electron chi connectivity index (χ2n) is 4.50. The molecule has 7 heteroatoms. The van der Waals surface area contributed by atoms with Crippen LogP contribution in [0.4, 0.5) is 5.13 Å². The number of hydrogen-bond acceptors (Lipinski definition) is 5. The molecule has 0 saturated heterocycles. The molecule has 0 spiro atoms. The summed E-state index contributed by atoms with van der Waals surface area (Å²) in [6, 6.07) is 12.0. The van der Waals surface area contributed by atoms with Gasteiger partial charge in [-0.25, -0.2) is 17.7 Å². The zero-order chi connectivity index (χ0) is 15.4. The van der Waals surface area contributed by atoms with Gasteiger partial charge in [0.2, 0.25) is 0 Å². The zero-order valence-electron chi connectivity index (χ0n) is 11.5. The van der Waals surface area contributed by atoms with E-state index in [9.17, 15) is 8.42 Å². The van der Waals surface area contributed by atoms with Gasteiger partial charge >= 0.3 is 0 Å². The van der Waals surface area contributed by atoms with E-state index in [1.165, 1.54) is 15.6 Å². The molecule has 0 bridgehead atoms. The van der Waals surface area contributed by atoms with E-state index in [4.69, 9.17) is 0 Å². The molecule has 1 aromatic carbocycles. The second-order valence-corrected chi connectivity index (χ2v) is 7.24. The summed E-state index contributed by atoms with van der Waals surface area (Å²) in [5.74, 6) is 0. The molecule has 3 rings (SSSR count). The van der Waals surface area contributed by atoms with E-state index < -0.39 is 10.0 Å². The maximum atomic E-state index is 12.9. The molecule has 3 aromatic rings. The Morgan fingerprint density at radius 1 is 1.05 bits per heavy atom. The molecule has 0 radical (unpaired) electrons. The first kappa shape index (κ1) is 14.7. The smallest absolute Gasteiger partial charge is 0.264 e. The molecule has 0 unspecified atom stereocenters. The predicted molar refractivity (Wildman–Crippen MR) is 86.2 cm³/mol. The third kappa shape index (κ3) is 3.00. The Labute approximate surface area is 133 Å². The van der Waals surface area contributed by atoms with Gasteiger partial charge in [-0.3, -0.25) is 4.98 Å². The van der Waals surface area contributed by atoms with Crippen molar-refractivity contribution in [2.45, 2.75) is 11.4 Å². The summed E-state index contributed by atoms with van der Waals surface area (Å²) < 4.78 is 27.1. The minimum absolute atomic E-state index is 0.193. The molecule has 22 heavy (non-hydrogen) atoms. The standard InChI is InChI=1S/C15H13N3O2S2/c19-22(20,14-6-2-1-3-7-14)18(15-17-9-10-21-15)12-13-5-4-8-16-11-13/h1-11H,12H2.